The van der Waals surface area contributed by atoms with Gasteiger partial charge in [-0.3, -0.25) is 14.9 Å². The van der Waals surface area contributed by atoms with Crippen LogP contribution < -0.4 is 0 Å². The van der Waals surface area contributed by atoms with E-state index in [1.807, 2.05) is 6.07 Å². The molecule has 5 nitrogen and oxygen atoms in total. The summed E-state index contributed by atoms with van der Waals surface area (Å²) in [6, 6.07) is 10.7. The second-order valence-electron chi connectivity index (χ2n) is 6.23. The van der Waals surface area contributed by atoms with Crippen LogP contribution >= 0.6 is 0 Å². The van der Waals surface area contributed by atoms with Gasteiger partial charge in [0.25, 0.3) is 0 Å². The van der Waals surface area contributed by atoms with Gasteiger partial charge in [0, 0.05) is 43.2 Å². The Hall–Kier alpha value is -2.24. The Kier molecular flexibility index (Phi) is 5.23. The SMILES string of the molecule is Cc1ncc(CO)c(C=N[C@@H]2CCN(Cc3ccccc3)C2)c1O. The lowest BCUT2D eigenvalue weighted by molar-refractivity contribution is 0.280. The maximum atomic E-state index is 10.2. The van der Waals surface area contributed by atoms with Crippen LogP contribution in [0.1, 0.15) is 28.8 Å². The van der Waals surface area contributed by atoms with Crippen molar-refractivity contribution in [1.29, 1.82) is 0 Å². The summed E-state index contributed by atoms with van der Waals surface area (Å²) in [6.45, 7) is 4.45. The van der Waals surface area contributed by atoms with E-state index < -0.39 is 0 Å². The van der Waals surface area contributed by atoms with Crippen molar-refractivity contribution in [2.24, 2.45) is 4.99 Å². The van der Waals surface area contributed by atoms with Gasteiger partial charge in [-0.2, -0.15) is 0 Å². The second-order valence-corrected chi connectivity index (χ2v) is 6.23. The maximum absolute atomic E-state index is 10.2. The lowest BCUT2D eigenvalue weighted by Crippen LogP contribution is -2.21. The number of rotatable bonds is 5. The number of aliphatic hydroxyl groups is 1. The van der Waals surface area contributed by atoms with Crippen molar-refractivity contribution in [3.8, 4) is 5.75 Å². The van der Waals surface area contributed by atoms with E-state index in [-0.39, 0.29) is 18.4 Å². The minimum absolute atomic E-state index is 0.101. The second kappa shape index (κ2) is 7.55. The molecule has 1 atom stereocenters. The largest absolute Gasteiger partial charge is 0.505 e. The van der Waals surface area contributed by atoms with Crippen molar-refractivity contribution in [2.75, 3.05) is 13.1 Å². The van der Waals surface area contributed by atoms with E-state index in [1.54, 1.807) is 19.3 Å². The van der Waals surface area contributed by atoms with Gasteiger partial charge in [0.05, 0.1) is 18.3 Å². The van der Waals surface area contributed by atoms with Crippen LogP contribution in [0.15, 0.2) is 41.5 Å². The Labute approximate surface area is 142 Å². The van der Waals surface area contributed by atoms with Gasteiger partial charge in [-0.25, -0.2) is 0 Å². The number of aliphatic imine (C=N–C) groups is 1. The summed E-state index contributed by atoms with van der Waals surface area (Å²) in [5.74, 6) is 0.101. The third-order valence-electron chi connectivity index (χ3n) is 4.44. The monoisotopic (exact) mass is 325 g/mol. The molecular formula is C19H23N3O2. The molecule has 1 aliphatic rings. The highest BCUT2D eigenvalue weighted by molar-refractivity contribution is 5.85. The number of likely N-dealkylation sites (tertiary alicyclic amines) is 1. The van der Waals surface area contributed by atoms with Crippen molar-refractivity contribution in [1.82, 2.24) is 9.88 Å². The first-order valence-electron chi connectivity index (χ1n) is 8.25. The van der Waals surface area contributed by atoms with Crippen molar-refractivity contribution in [3.05, 3.63) is 58.9 Å². The number of benzene rings is 1. The number of hydrogen-bond acceptors (Lipinski definition) is 5. The van der Waals surface area contributed by atoms with E-state index in [4.69, 9.17) is 0 Å². The summed E-state index contributed by atoms with van der Waals surface area (Å²) in [4.78, 5) is 11.1. The summed E-state index contributed by atoms with van der Waals surface area (Å²) in [7, 11) is 0. The molecule has 24 heavy (non-hydrogen) atoms. The van der Waals surface area contributed by atoms with Crippen LogP contribution in [0.5, 0.6) is 5.75 Å². The topological polar surface area (TPSA) is 69.0 Å². The molecule has 126 valence electrons. The van der Waals surface area contributed by atoms with Crippen LogP contribution in [0, 0.1) is 6.92 Å². The molecule has 1 aromatic heterocycles. The van der Waals surface area contributed by atoms with Crippen molar-refractivity contribution < 1.29 is 10.2 Å². The number of aryl methyl sites for hydroxylation is 1. The van der Waals surface area contributed by atoms with Gasteiger partial charge >= 0.3 is 0 Å². The van der Waals surface area contributed by atoms with E-state index >= 15 is 0 Å². The highest BCUT2D eigenvalue weighted by Crippen LogP contribution is 2.23. The van der Waals surface area contributed by atoms with Gasteiger partial charge in [0.1, 0.15) is 5.75 Å². The third-order valence-corrected chi connectivity index (χ3v) is 4.44. The van der Waals surface area contributed by atoms with Gasteiger partial charge in [-0.05, 0) is 18.9 Å². The number of aromatic nitrogens is 1. The fourth-order valence-electron chi connectivity index (χ4n) is 3.02. The molecule has 0 aliphatic carbocycles. The number of aliphatic hydroxyl groups excluding tert-OH is 1. The summed E-state index contributed by atoms with van der Waals surface area (Å²) in [5.41, 5.74) is 3.03. The minimum atomic E-state index is -0.160. The molecule has 1 fully saturated rings. The van der Waals surface area contributed by atoms with Crippen LogP contribution in [-0.4, -0.2) is 45.4 Å². The Morgan fingerprint density at radius 3 is 2.88 bits per heavy atom. The highest BCUT2D eigenvalue weighted by Gasteiger charge is 2.21. The quantitative estimate of drug-likeness (QED) is 0.828. The smallest absolute Gasteiger partial charge is 0.145 e. The fraction of sp³-hybridized carbons (Fsp3) is 0.368. The zero-order valence-electron chi connectivity index (χ0n) is 13.9. The molecule has 2 heterocycles. The molecule has 5 heteroatoms. The molecule has 3 rings (SSSR count). The predicted octanol–water partition coefficient (Wildman–Crippen LogP) is 2.28. The van der Waals surface area contributed by atoms with Gasteiger partial charge in [-0.1, -0.05) is 30.3 Å². The summed E-state index contributed by atoms with van der Waals surface area (Å²) >= 11 is 0. The highest BCUT2D eigenvalue weighted by atomic mass is 16.3. The summed E-state index contributed by atoms with van der Waals surface area (Å²) in [6.07, 6.45) is 4.28. The van der Waals surface area contributed by atoms with Crippen LogP contribution in [0.3, 0.4) is 0 Å². The molecule has 0 amide bonds. The van der Waals surface area contributed by atoms with E-state index in [2.05, 4.69) is 39.1 Å². The van der Waals surface area contributed by atoms with E-state index in [9.17, 15) is 10.2 Å². The molecule has 0 saturated carbocycles. The summed E-state index contributed by atoms with van der Waals surface area (Å²) < 4.78 is 0. The number of aromatic hydroxyl groups is 1. The Balaban J connectivity index is 1.65. The zero-order valence-corrected chi connectivity index (χ0v) is 13.9. The van der Waals surface area contributed by atoms with Crippen molar-refractivity contribution in [3.63, 3.8) is 0 Å². The Morgan fingerprint density at radius 2 is 2.12 bits per heavy atom. The van der Waals surface area contributed by atoms with Crippen LogP contribution in [-0.2, 0) is 13.2 Å². The average Bonchev–Trinajstić information content (AvgIpc) is 3.04. The molecule has 0 unspecified atom stereocenters. The van der Waals surface area contributed by atoms with Crippen molar-refractivity contribution >= 4 is 6.21 Å². The number of pyridine rings is 1. The lowest BCUT2D eigenvalue weighted by atomic mass is 10.1. The van der Waals surface area contributed by atoms with Gasteiger partial charge in [0.2, 0.25) is 0 Å². The molecule has 1 aromatic carbocycles. The Bertz CT molecular complexity index is 716. The van der Waals surface area contributed by atoms with Crippen molar-refractivity contribution in [2.45, 2.75) is 32.5 Å². The molecule has 1 aliphatic heterocycles. The predicted molar refractivity (Wildman–Crippen MR) is 94.3 cm³/mol. The van der Waals surface area contributed by atoms with E-state index in [0.717, 1.165) is 26.1 Å². The van der Waals surface area contributed by atoms with Crippen LogP contribution in [0.4, 0.5) is 0 Å². The van der Waals surface area contributed by atoms with Crippen LogP contribution in [0.25, 0.3) is 0 Å². The number of nitrogens with zero attached hydrogens (tertiary/aromatic N) is 3. The first kappa shape index (κ1) is 16.6. The molecular weight excluding hydrogens is 302 g/mol. The molecule has 0 bridgehead atoms. The third kappa shape index (κ3) is 3.80. The van der Waals surface area contributed by atoms with E-state index in [0.29, 0.717) is 16.8 Å². The standard InChI is InChI=1S/C19H23N3O2/c1-14-19(24)18(16(13-23)9-20-14)10-21-17-7-8-22(12-17)11-15-5-3-2-4-6-15/h2-6,9-10,17,23-24H,7-8,11-13H2,1H3/t17-/m1/s1. The van der Waals surface area contributed by atoms with Gasteiger partial charge < -0.3 is 10.2 Å². The molecule has 1 saturated heterocycles. The van der Waals surface area contributed by atoms with Gasteiger partial charge in [0.15, 0.2) is 0 Å². The lowest BCUT2D eigenvalue weighted by Gasteiger charge is -2.14. The maximum Gasteiger partial charge on any atom is 0.145 e. The molecule has 2 N–H and O–H groups in total. The van der Waals surface area contributed by atoms with Crippen LogP contribution in [0.2, 0.25) is 0 Å². The summed E-state index contributed by atoms with van der Waals surface area (Å²) in [5, 5.41) is 19.6. The molecule has 0 spiro atoms. The zero-order chi connectivity index (χ0) is 16.9. The fourth-order valence-corrected chi connectivity index (χ4v) is 3.02. The molecule has 2 aromatic rings. The first-order chi connectivity index (χ1) is 11.7. The average molecular weight is 325 g/mol. The minimum Gasteiger partial charge on any atom is -0.505 e. The number of hydrogen-bond donors (Lipinski definition) is 2. The van der Waals surface area contributed by atoms with Gasteiger partial charge in [-0.15, -0.1) is 0 Å². The Morgan fingerprint density at radius 1 is 1.33 bits per heavy atom. The molecule has 0 radical (unpaired) electrons. The normalized spacial score (nSPS) is 18.5. The first-order valence-corrected chi connectivity index (χ1v) is 8.25. The van der Waals surface area contributed by atoms with E-state index in [1.165, 1.54) is 5.56 Å².